The van der Waals surface area contributed by atoms with Crippen LogP contribution in [0.3, 0.4) is 0 Å². The van der Waals surface area contributed by atoms with E-state index in [0.29, 0.717) is 30.4 Å². The van der Waals surface area contributed by atoms with Crippen LogP contribution in [0.5, 0.6) is 11.5 Å². The standard InChI is InChI=1S/C15H21NO5S/c1-19-11-3-4-12(13(9-11)20-2)15-16(14(18)10-22-15)5-7-21-8-6-17/h3-4,9,15,17H,5-8,10H2,1-2H3. The van der Waals surface area contributed by atoms with Crippen molar-refractivity contribution in [2.75, 3.05) is 46.3 Å². The quantitative estimate of drug-likeness (QED) is 0.726. The largest absolute Gasteiger partial charge is 0.497 e. The molecule has 1 fully saturated rings. The molecular formula is C15H21NO5S. The molecule has 1 saturated heterocycles. The van der Waals surface area contributed by atoms with Crippen LogP contribution in [0.4, 0.5) is 0 Å². The molecule has 1 aromatic rings. The Bertz CT molecular complexity index is 511. The van der Waals surface area contributed by atoms with E-state index in [1.165, 1.54) is 0 Å². The molecule has 22 heavy (non-hydrogen) atoms. The first kappa shape index (κ1) is 16.9. The monoisotopic (exact) mass is 327 g/mol. The van der Waals surface area contributed by atoms with Crippen LogP contribution in [-0.4, -0.2) is 62.3 Å². The maximum Gasteiger partial charge on any atom is 0.233 e. The Morgan fingerprint density at radius 3 is 2.82 bits per heavy atom. The fraction of sp³-hybridized carbons (Fsp3) is 0.533. The third kappa shape index (κ3) is 3.85. The predicted molar refractivity (Wildman–Crippen MR) is 84.4 cm³/mol. The maximum atomic E-state index is 12.1. The number of rotatable bonds is 8. The summed E-state index contributed by atoms with van der Waals surface area (Å²) in [5, 5.41) is 8.63. The molecule has 0 aliphatic carbocycles. The van der Waals surface area contributed by atoms with Crippen molar-refractivity contribution in [3.8, 4) is 11.5 Å². The van der Waals surface area contributed by atoms with Gasteiger partial charge in [-0.15, -0.1) is 11.8 Å². The highest BCUT2D eigenvalue weighted by atomic mass is 32.2. The van der Waals surface area contributed by atoms with E-state index in [-0.39, 0.29) is 24.5 Å². The summed E-state index contributed by atoms with van der Waals surface area (Å²) >= 11 is 1.57. The molecule has 1 amide bonds. The summed E-state index contributed by atoms with van der Waals surface area (Å²) in [6.07, 6.45) is 0. The maximum absolute atomic E-state index is 12.1. The van der Waals surface area contributed by atoms with Gasteiger partial charge in [0.25, 0.3) is 0 Å². The molecule has 1 aliphatic heterocycles. The number of aliphatic hydroxyl groups is 1. The number of methoxy groups -OCH3 is 2. The lowest BCUT2D eigenvalue weighted by Crippen LogP contribution is -2.32. The van der Waals surface area contributed by atoms with Crippen LogP contribution in [0.1, 0.15) is 10.9 Å². The Kier molecular flexibility index (Phi) is 6.35. The molecule has 2 rings (SSSR count). The number of ether oxygens (including phenoxy) is 3. The number of carbonyl (C=O) groups is 1. The zero-order valence-corrected chi connectivity index (χ0v) is 13.6. The Hall–Kier alpha value is -1.44. The molecule has 1 N–H and O–H groups in total. The van der Waals surface area contributed by atoms with Crippen molar-refractivity contribution >= 4 is 17.7 Å². The number of benzene rings is 1. The predicted octanol–water partition coefficient (Wildman–Crippen LogP) is 1.29. The van der Waals surface area contributed by atoms with E-state index in [0.717, 1.165) is 5.56 Å². The van der Waals surface area contributed by atoms with Gasteiger partial charge in [0.15, 0.2) is 0 Å². The molecule has 0 bridgehead atoms. The molecule has 0 spiro atoms. The Morgan fingerprint density at radius 1 is 1.32 bits per heavy atom. The van der Waals surface area contributed by atoms with Crippen molar-refractivity contribution in [3.63, 3.8) is 0 Å². The second-order valence-electron chi connectivity index (χ2n) is 4.69. The number of thioether (sulfide) groups is 1. The van der Waals surface area contributed by atoms with Crippen molar-refractivity contribution in [3.05, 3.63) is 23.8 Å². The number of hydrogen-bond donors (Lipinski definition) is 1. The third-order valence-electron chi connectivity index (χ3n) is 3.39. The number of nitrogens with zero attached hydrogens (tertiary/aromatic N) is 1. The van der Waals surface area contributed by atoms with E-state index in [4.69, 9.17) is 19.3 Å². The first-order chi connectivity index (χ1) is 10.7. The molecule has 122 valence electrons. The normalized spacial score (nSPS) is 17.9. The molecule has 0 saturated carbocycles. The van der Waals surface area contributed by atoms with E-state index in [1.807, 2.05) is 18.2 Å². The van der Waals surface area contributed by atoms with Gasteiger partial charge in [-0.05, 0) is 12.1 Å². The van der Waals surface area contributed by atoms with Crippen molar-refractivity contribution in [1.82, 2.24) is 4.90 Å². The van der Waals surface area contributed by atoms with Gasteiger partial charge in [-0.1, -0.05) is 0 Å². The molecule has 1 atom stereocenters. The van der Waals surface area contributed by atoms with Crippen LogP contribution in [-0.2, 0) is 9.53 Å². The summed E-state index contributed by atoms with van der Waals surface area (Å²) in [7, 11) is 3.21. The highest BCUT2D eigenvalue weighted by molar-refractivity contribution is 8.00. The molecular weight excluding hydrogens is 306 g/mol. The van der Waals surface area contributed by atoms with Crippen molar-refractivity contribution in [2.45, 2.75) is 5.37 Å². The number of amides is 1. The lowest BCUT2D eigenvalue weighted by molar-refractivity contribution is -0.128. The summed E-state index contributed by atoms with van der Waals surface area (Å²) in [6.45, 7) is 1.16. The summed E-state index contributed by atoms with van der Waals surface area (Å²) in [5.41, 5.74) is 0.946. The van der Waals surface area contributed by atoms with Gasteiger partial charge < -0.3 is 24.2 Å². The number of hydrogen-bond acceptors (Lipinski definition) is 6. The molecule has 7 heteroatoms. The minimum absolute atomic E-state index is 0.0154. The Labute approximate surface area is 134 Å². The summed E-state index contributed by atoms with van der Waals surface area (Å²) in [6, 6.07) is 5.61. The first-order valence-electron chi connectivity index (χ1n) is 7.03. The average Bonchev–Trinajstić information content (AvgIpc) is 2.91. The van der Waals surface area contributed by atoms with Gasteiger partial charge >= 0.3 is 0 Å². The van der Waals surface area contributed by atoms with Gasteiger partial charge in [0.05, 0.1) is 39.8 Å². The minimum Gasteiger partial charge on any atom is -0.497 e. The molecule has 1 heterocycles. The smallest absolute Gasteiger partial charge is 0.233 e. The highest BCUT2D eigenvalue weighted by Gasteiger charge is 2.34. The van der Waals surface area contributed by atoms with E-state index in [1.54, 1.807) is 30.9 Å². The van der Waals surface area contributed by atoms with E-state index < -0.39 is 0 Å². The third-order valence-corrected chi connectivity index (χ3v) is 4.62. The minimum atomic E-state index is -0.0916. The molecule has 0 aromatic heterocycles. The van der Waals surface area contributed by atoms with Crippen LogP contribution in [0.25, 0.3) is 0 Å². The summed E-state index contributed by atoms with van der Waals surface area (Å²) in [4.78, 5) is 13.9. The van der Waals surface area contributed by atoms with E-state index in [9.17, 15) is 4.79 Å². The lowest BCUT2D eigenvalue weighted by atomic mass is 10.1. The molecule has 1 aliphatic rings. The summed E-state index contributed by atoms with van der Waals surface area (Å²) < 4.78 is 15.9. The van der Waals surface area contributed by atoms with Gasteiger partial charge in [0.1, 0.15) is 16.9 Å². The van der Waals surface area contributed by atoms with Gasteiger partial charge in [-0.25, -0.2) is 0 Å². The second kappa shape index (κ2) is 8.26. The molecule has 1 unspecified atom stereocenters. The van der Waals surface area contributed by atoms with Gasteiger partial charge in [0, 0.05) is 18.2 Å². The van der Waals surface area contributed by atoms with Crippen LogP contribution >= 0.6 is 11.8 Å². The van der Waals surface area contributed by atoms with Crippen LogP contribution in [0, 0.1) is 0 Å². The van der Waals surface area contributed by atoms with Gasteiger partial charge in [0.2, 0.25) is 5.91 Å². The number of carbonyl (C=O) groups excluding carboxylic acids is 1. The highest BCUT2D eigenvalue weighted by Crippen LogP contribution is 2.43. The fourth-order valence-corrected chi connectivity index (χ4v) is 3.55. The van der Waals surface area contributed by atoms with Crippen molar-refractivity contribution in [1.29, 1.82) is 0 Å². The van der Waals surface area contributed by atoms with Crippen molar-refractivity contribution < 1.29 is 24.1 Å². The Balaban J connectivity index is 2.13. The van der Waals surface area contributed by atoms with Crippen molar-refractivity contribution in [2.24, 2.45) is 0 Å². The van der Waals surface area contributed by atoms with Crippen LogP contribution < -0.4 is 9.47 Å². The topological polar surface area (TPSA) is 68.2 Å². The van der Waals surface area contributed by atoms with E-state index in [2.05, 4.69) is 0 Å². The second-order valence-corrected chi connectivity index (χ2v) is 5.76. The lowest BCUT2D eigenvalue weighted by Gasteiger charge is -2.25. The first-order valence-corrected chi connectivity index (χ1v) is 8.07. The molecule has 6 nitrogen and oxygen atoms in total. The SMILES string of the molecule is COc1ccc(C2SCC(=O)N2CCOCCO)c(OC)c1. The number of aliphatic hydroxyl groups excluding tert-OH is 1. The molecule has 0 radical (unpaired) electrons. The summed E-state index contributed by atoms with van der Waals surface area (Å²) in [5.74, 6) is 1.95. The molecule has 1 aromatic carbocycles. The average molecular weight is 327 g/mol. The fourth-order valence-electron chi connectivity index (χ4n) is 2.31. The van der Waals surface area contributed by atoms with Crippen LogP contribution in [0.2, 0.25) is 0 Å². The zero-order valence-electron chi connectivity index (χ0n) is 12.8. The van der Waals surface area contributed by atoms with Gasteiger partial charge in [-0.2, -0.15) is 0 Å². The Morgan fingerprint density at radius 2 is 2.14 bits per heavy atom. The van der Waals surface area contributed by atoms with Gasteiger partial charge in [-0.3, -0.25) is 4.79 Å². The van der Waals surface area contributed by atoms with Crippen LogP contribution in [0.15, 0.2) is 18.2 Å². The zero-order chi connectivity index (χ0) is 15.9. The van der Waals surface area contributed by atoms with E-state index >= 15 is 0 Å².